The van der Waals surface area contributed by atoms with Crippen LogP contribution in [0, 0.1) is 12.8 Å². The minimum absolute atomic E-state index is 0.227. The van der Waals surface area contributed by atoms with Crippen molar-refractivity contribution in [3.8, 4) is 11.5 Å². The second-order valence-electron chi connectivity index (χ2n) is 7.12. The third-order valence-electron chi connectivity index (χ3n) is 5.23. The van der Waals surface area contributed by atoms with Crippen molar-refractivity contribution in [2.24, 2.45) is 5.92 Å². The van der Waals surface area contributed by atoms with Gasteiger partial charge in [0.2, 0.25) is 0 Å². The lowest BCUT2D eigenvalue weighted by atomic mass is 9.73. The molecular formula is C24H26O5. The van der Waals surface area contributed by atoms with Crippen LogP contribution in [-0.4, -0.2) is 32.6 Å². The van der Waals surface area contributed by atoms with Crippen molar-refractivity contribution in [1.29, 1.82) is 0 Å². The minimum Gasteiger partial charge on any atom is -0.497 e. The van der Waals surface area contributed by atoms with E-state index in [-0.39, 0.29) is 18.3 Å². The first-order chi connectivity index (χ1) is 14.0. The van der Waals surface area contributed by atoms with Gasteiger partial charge in [0, 0.05) is 12.0 Å². The van der Waals surface area contributed by atoms with Crippen molar-refractivity contribution >= 4 is 17.3 Å². The largest absolute Gasteiger partial charge is 0.497 e. The van der Waals surface area contributed by atoms with Gasteiger partial charge in [-0.2, -0.15) is 0 Å². The summed E-state index contributed by atoms with van der Waals surface area (Å²) < 4.78 is 16.0. The molecule has 5 nitrogen and oxygen atoms in total. The number of allylic oxidation sites excluding steroid dienone is 2. The van der Waals surface area contributed by atoms with Crippen LogP contribution in [0.3, 0.4) is 0 Å². The molecule has 2 aromatic rings. The predicted octanol–water partition coefficient (Wildman–Crippen LogP) is 4.33. The molecule has 0 radical (unpaired) electrons. The average Bonchev–Trinajstić information content (AvgIpc) is 2.73. The third kappa shape index (κ3) is 4.50. The molecular weight excluding hydrogens is 368 g/mol. The maximum absolute atomic E-state index is 13.0. The number of rotatable bonds is 6. The van der Waals surface area contributed by atoms with E-state index in [0.717, 1.165) is 22.3 Å². The second kappa shape index (κ2) is 8.95. The molecule has 0 bridgehead atoms. The molecule has 3 rings (SSSR count). The molecule has 0 saturated heterocycles. The normalized spacial score (nSPS) is 18.8. The van der Waals surface area contributed by atoms with Crippen LogP contribution in [0.2, 0.25) is 0 Å². The molecule has 0 aromatic heterocycles. The Morgan fingerprint density at radius 2 is 1.66 bits per heavy atom. The van der Waals surface area contributed by atoms with Gasteiger partial charge in [-0.1, -0.05) is 29.8 Å². The average molecular weight is 394 g/mol. The van der Waals surface area contributed by atoms with Gasteiger partial charge in [0.25, 0.3) is 0 Å². The van der Waals surface area contributed by atoms with E-state index in [2.05, 4.69) is 0 Å². The highest BCUT2D eigenvalue weighted by atomic mass is 16.5. The van der Waals surface area contributed by atoms with E-state index in [1.165, 1.54) is 0 Å². The van der Waals surface area contributed by atoms with Crippen LogP contribution in [0.1, 0.15) is 36.0 Å². The Morgan fingerprint density at radius 1 is 1.03 bits per heavy atom. The molecule has 1 aliphatic carbocycles. The summed E-state index contributed by atoms with van der Waals surface area (Å²) in [5.74, 6) is -0.768. The number of esters is 1. The Kier molecular flexibility index (Phi) is 6.37. The predicted molar refractivity (Wildman–Crippen MR) is 111 cm³/mol. The fourth-order valence-corrected chi connectivity index (χ4v) is 3.71. The molecule has 1 aliphatic rings. The van der Waals surface area contributed by atoms with Gasteiger partial charge < -0.3 is 14.2 Å². The summed E-state index contributed by atoms with van der Waals surface area (Å²) in [5.41, 5.74) is 3.84. The summed E-state index contributed by atoms with van der Waals surface area (Å²) in [6.07, 6.45) is 2.12. The van der Waals surface area contributed by atoms with E-state index in [1.807, 2.05) is 43.3 Å². The van der Waals surface area contributed by atoms with Crippen LogP contribution in [-0.2, 0) is 14.3 Å². The lowest BCUT2D eigenvalue weighted by Crippen LogP contribution is -2.34. The maximum atomic E-state index is 13.0. The quantitative estimate of drug-likeness (QED) is 0.539. The van der Waals surface area contributed by atoms with Gasteiger partial charge in [-0.05, 0) is 55.2 Å². The second-order valence-corrected chi connectivity index (χ2v) is 7.12. The Hall–Kier alpha value is -3.08. The Balaban J connectivity index is 2.07. The van der Waals surface area contributed by atoms with Gasteiger partial charge in [0.1, 0.15) is 17.4 Å². The van der Waals surface area contributed by atoms with E-state index in [0.29, 0.717) is 17.9 Å². The van der Waals surface area contributed by atoms with E-state index in [4.69, 9.17) is 14.2 Å². The van der Waals surface area contributed by atoms with Gasteiger partial charge in [-0.3, -0.25) is 9.59 Å². The molecule has 0 amide bonds. The minimum atomic E-state index is -0.888. The fraction of sp³-hybridized carbons (Fsp3) is 0.333. The van der Waals surface area contributed by atoms with Crippen LogP contribution in [0.15, 0.2) is 48.5 Å². The van der Waals surface area contributed by atoms with Gasteiger partial charge in [-0.25, -0.2) is 0 Å². The summed E-state index contributed by atoms with van der Waals surface area (Å²) in [4.78, 5) is 25.7. The first-order valence-corrected chi connectivity index (χ1v) is 9.67. The summed E-state index contributed by atoms with van der Waals surface area (Å²) in [5, 5.41) is 0. The number of hydrogen-bond donors (Lipinski definition) is 0. The zero-order chi connectivity index (χ0) is 21.0. The van der Waals surface area contributed by atoms with E-state index >= 15 is 0 Å². The number of ketones is 1. The number of benzene rings is 2. The van der Waals surface area contributed by atoms with Crippen LogP contribution in [0.5, 0.6) is 11.5 Å². The molecule has 2 atom stereocenters. The first kappa shape index (κ1) is 20.6. The molecule has 0 fully saturated rings. The molecule has 5 heteroatoms. The summed E-state index contributed by atoms with van der Waals surface area (Å²) in [7, 11) is 3.15. The SMILES string of the molecule is CCOC(=O)[C@H]1C(=O)C=C(c2ccc(C)cc2)C[C@H]1c1cc(OC)cc(OC)c1. The fourth-order valence-electron chi connectivity index (χ4n) is 3.71. The third-order valence-corrected chi connectivity index (χ3v) is 5.23. The molecule has 29 heavy (non-hydrogen) atoms. The van der Waals surface area contributed by atoms with Crippen molar-refractivity contribution in [3.05, 3.63) is 65.2 Å². The number of carbonyl (C=O) groups excluding carboxylic acids is 2. The lowest BCUT2D eigenvalue weighted by Gasteiger charge is -2.30. The van der Waals surface area contributed by atoms with Crippen LogP contribution in [0.25, 0.3) is 5.57 Å². The van der Waals surface area contributed by atoms with E-state index in [9.17, 15) is 9.59 Å². The van der Waals surface area contributed by atoms with Crippen molar-refractivity contribution in [1.82, 2.24) is 0 Å². The highest BCUT2D eigenvalue weighted by Crippen LogP contribution is 2.42. The molecule has 152 valence electrons. The van der Waals surface area contributed by atoms with E-state index < -0.39 is 11.9 Å². The van der Waals surface area contributed by atoms with Gasteiger partial charge in [0.05, 0.1) is 20.8 Å². The number of aryl methyl sites for hydroxylation is 1. The zero-order valence-electron chi connectivity index (χ0n) is 17.2. The molecule has 0 spiro atoms. The molecule has 2 aromatic carbocycles. The Bertz CT molecular complexity index is 905. The molecule has 0 saturated carbocycles. The van der Waals surface area contributed by atoms with Crippen molar-refractivity contribution in [2.75, 3.05) is 20.8 Å². The standard InChI is InChI=1S/C24H26O5/c1-5-29-24(26)23-21(18-10-19(27-3)14-20(11-18)28-4)12-17(13-22(23)25)16-8-6-15(2)7-9-16/h6-11,13-14,21,23H,5,12H2,1-4H3/t21-,23+/m0/s1. The zero-order valence-corrected chi connectivity index (χ0v) is 17.2. The van der Waals surface area contributed by atoms with Crippen molar-refractivity contribution < 1.29 is 23.8 Å². The summed E-state index contributed by atoms with van der Waals surface area (Å²) >= 11 is 0. The molecule has 0 heterocycles. The van der Waals surface area contributed by atoms with Crippen LogP contribution >= 0.6 is 0 Å². The maximum Gasteiger partial charge on any atom is 0.317 e. The van der Waals surface area contributed by atoms with Gasteiger partial charge in [-0.15, -0.1) is 0 Å². The smallest absolute Gasteiger partial charge is 0.317 e. The molecule has 0 N–H and O–H groups in total. The van der Waals surface area contributed by atoms with Gasteiger partial charge >= 0.3 is 5.97 Å². The van der Waals surface area contributed by atoms with Crippen LogP contribution < -0.4 is 9.47 Å². The first-order valence-electron chi connectivity index (χ1n) is 9.67. The highest BCUT2D eigenvalue weighted by Gasteiger charge is 2.40. The Morgan fingerprint density at radius 3 is 2.21 bits per heavy atom. The molecule has 0 aliphatic heterocycles. The Labute approximate surface area is 171 Å². The van der Waals surface area contributed by atoms with E-state index in [1.54, 1.807) is 33.3 Å². The number of ether oxygens (including phenoxy) is 3. The highest BCUT2D eigenvalue weighted by molar-refractivity contribution is 6.10. The van der Waals surface area contributed by atoms with Crippen molar-refractivity contribution in [3.63, 3.8) is 0 Å². The number of carbonyl (C=O) groups is 2. The van der Waals surface area contributed by atoms with Crippen LogP contribution in [0.4, 0.5) is 0 Å². The topological polar surface area (TPSA) is 61.8 Å². The summed E-state index contributed by atoms with van der Waals surface area (Å²) in [6.45, 7) is 3.99. The molecule has 0 unspecified atom stereocenters. The van der Waals surface area contributed by atoms with Crippen molar-refractivity contribution in [2.45, 2.75) is 26.2 Å². The number of hydrogen-bond acceptors (Lipinski definition) is 5. The van der Waals surface area contributed by atoms with Gasteiger partial charge in [0.15, 0.2) is 5.78 Å². The lowest BCUT2D eigenvalue weighted by molar-refractivity contribution is -0.151. The summed E-state index contributed by atoms with van der Waals surface area (Å²) in [6, 6.07) is 13.5. The monoisotopic (exact) mass is 394 g/mol. The number of methoxy groups -OCH3 is 2.